The molecule has 0 spiro atoms. The van der Waals surface area contributed by atoms with Crippen LogP contribution in [0.3, 0.4) is 0 Å². The van der Waals surface area contributed by atoms with Crippen LogP contribution in [0, 0.1) is 5.92 Å². The summed E-state index contributed by atoms with van der Waals surface area (Å²) in [6, 6.07) is 6.33. The van der Waals surface area contributed by atoms with Crippen molar-refractivity contribution in [2.75, 3.05) is 24.7 Å². The molecule has 0 saturated carbocycles. The molecule has 1 heterocycles. The minimum absolute atomic E-state index is 0. The molecule has 1 amide bonds. The van der Waals surface area contributed by atoms with Crippen molar-refractivity contribution in [1.82, 2.24) is 5.32 Å². The molecule has 1 unspecified atom stereocenters. The van der Waals surface area contributed by atoms with Crippen LogP contribution in [0.25, 0.3) is 0 Å². The van der Waals surface area contributed by atoms with Crippen LogP contribution in [-0.2, 0) is 14.6 Å². The summed E-state index contributed by atoms with van der Waals surface area (Å²) in [4.78, 5) is 12.1. The number of halogens is 1. The van der Waals surface area contributed by atoms with E-state index in [0.717, 1.165) is 25.8 Å². The number of sulfone groups is 1. The molecule has 20 heavy (non-hydrogen) atoms. The van der Waals surface area contributed by atoms with Crippen LogP contribution in [-0.4, -0.2) is 33.7 Å². The van der Waals surface area contributed by atoms with Crippen molar-refractivity contribution in [3.63, 3.8) is 0 Å². The van der Waals surface area contributed by atoms with Gasteiger partial charge in [0.25, 0.3) is 0 Å². The first kappa shape index (κ1) is 16.9. The zero-order chi connectivity index (χ0) is 13.9. The van der Waals surface area contributed by atoms with Gasteiger partial charge in [-0.1, -0.05) is 6.07 Å². The highest BCUT2D eigenvalue weighted by Gasteiger charge is 2.18. The lowest BCUT2D eigenvalue weighted by Gasteiger charge is -2.09. The Morgan fingerprint density at radius 1 is 1.45 bits per heavy atom. The standard InChI is InChI=1S/C13H18N2O3S.ClH/c1-19(17,18)12-4-2-3-11(8-12)15-13(16)7-10-5-6-14-9-10;/h2-4,8,10,14H,5-7,9H2,1H3,(H,15,16);1H. The van der Waals surface area contributed by atoms with E-state index in [0.29, 0.717) is 18.0 Å². The van der Waals surface area contributed by atoms with Gasteiger partial charge < -0.3 is 10.6 Å². The molecule has 112 valence electrons. The van der Waals surface area contributed by atoms with Crippen molar-refractivity contribution in [1.29, 1.82) is 0 Å². The molecule has 2 N–H and O–H groups in total. The topological polar surface area (TPSA) is 75.3 Å². The smallest absolute Gasteiger partial charge is 0.224 e. The van der Waals surface area contributed by atoms with Crippen molar-refractivity contribution in [2.45, 2.75) is 17.7 Å². The first-order chi connectivity index (χ1) is 8.95. The summed E-state index contributed by atoms with van der Waals surface area (Å²) < 4.78 is 22.9. The van der Waals surface area contributed by atoms with Crippen LogP contribution < -0.4 is 10.6 Å². The van der Waals surface area contributed by atoms with E-state index in [1.165, 1.54) is 12.1 Å². The summed E-state index contributed by atoms with van der Waals surface area (Å²) in [5.41, 5.74) is 0.527. The van der Waals surface area contributed by atoms with Crippen LogP contribution in [0.2, 0.25) is 0 Å². The molecule has 0 aromatic heterocycles. The highest BCUT2D eigenvalue weighted by Crippen LogP contribution is 2.17. The first-order valence-corrected chi connectivity index (χ1v) is 8.15. The Labute approximate surface area is 125 Å². The van der Waals surface area contributed by atoms with Gasteiger partial charge in [-0.15, -0.1) is 12.4 Å². The largest absolute Gasteiger partial charge is 0.326 e. The third kappa shape index (κ3) is 4.77. The Balaban J connectivity index is 0.00000200. The van der Waals surface area contributed by atoms with Crippen LogP contribution in [0.4, 0.5) is 5.69 Å². The molecular weight excluding hydrogens is 300 g/mol. The normalized spacial score (nSPS) is 18.4. The molecule has 7 heteroatoms. The summed E-state index contributed by atoms with van der Waals surface area (Å²) >= 11 is 0. The highest BCUT2D eigenvalue weighted by molar-refractivity contribution is 7.90. The van der Waals surface area contributed by atoms with Gasteiger partial charge in [-0.3, -0.25) is 4.79 Å². The predicted octanol–water partition coefficient (Wildman–Crippen LogP) is 1.45. The average molecular weight is 319 g/mol. The number of rotatable bonds is 4. The van der Waals surface area contributed by atoms with Crippen LogP contribution >= 0.6 is 12.4 Å². The molecule has 2 rings (SSSR count). The van der Waals surface area contributed by atoms with Crippen LogP contribution in [0.1, 0.15) is 12.8 Å². The Morgan fingerprint density at radius 3 is 2.80 bits per heavy atom. The fourth-order valence-electron chi connectivity index (χ4n) is 2.17. The van der Waals surface area contributed by atoms with Gasteiger partial charge in [0.1, 0.15) is 0 Å². The molecule has 1 atom stereocenters. The van der Waals surface area contributed by atoms with E-state index in [1.54, 1.807) is 12.1 Å². The summed E-state index contributed by atoms with van der Waals surface area (Å²) in [6.45, 7) is 1.83. The quantitative estimate of drug-likeness (QED) is 0.881. The van der Waals surface area contributed by atoms with Gasteiger partial charge in [-0.25, -0.2) is 8.42 Å². The van der Waals surface area contributed by atoms with Crippen molar-refractivity contribution in [2.24, 2.45) is 5.92 Å². The minimum atomic E-state index is -3.24. The lowest BCUT2D eigenvalue weighted by Crippen LogP contribution is -2.18. The molecule has 1 aromatic rings. The van der Waals surface area contributed by atoms with Crippen molar-refractivity contribution >= 4 is 33.8 Å². The number of benzene rings is 1. The summed E-state index contributed by atoms with van der Waals surface area (Å²) in [6.07, 6.45) is 2.63. The SMILES string of the molecule is CS(=O)(=O)c1cccc(NC(=O)CC2CCNC2)c1.Cl. The van der Waals surface area contributed by atoms with Gasteiger partial charge in [-0.05, 0) is 43.6 Å². The molecule has 0 bridgehead atoms. The fraction of sp³-hybridized carbons (Fsp3) is 0.462. The maximum atomic E-state index is 11.8. The van der Waals surface area contributed by atoms with E-state index in [2.05, 4.69) is 10.6 Å². The second-order valence-corrected chi connectivity index (χ2v) is 6.93. The molecular formula is C13H19ClN2O3S. The van der Waals surface area contributed by atoms with Crippen LogP contribution in [0.15, 0.2) is 29.2 Å². The third-order valence-corrected chi connectivity index (χ3v) is 4.29. The fourth-order valence-corrected chi connectivity index (χ4v) is 2.83. The van der Waals surface area contributed by atoms with Gasteiger partial charge in [0, 0.05) is 18.4 Å². The lowest BCUT2D eigenvalue weighted by molar-refractivity contribution is -0.116. The van der Waals surface area contributed by atoms with Crippen LogP contribution in [0.5, 0.6) is 0 Å². The van der Waals surface area contributed by atoms with Gasteiger partial charge in [0.15, 0.2) is 9.84 Å². The van der Waals surface area contributed by atoms with Gasteiger partial charge in [-0.2, -0.15) is 0 Å². The second kappa shape index (κ2) is 7.06. The third-order valence-electron chi connectivity index (χ3n) is 3.18. The molecule has 1 saturated heterocycles. The molecule has 1 aromatic carbocycles. The number of hydrogen-bond donors (Lipinski definition) is 2. The van der Waals surface area contributed by atoms with E-state index in [9.17, 15) is 13.2 Å². The predicted molar refractivity (Wildman–Crippen MR) is 81.0 cm³/mol. The summed E-state index contributed by atoms with van der Waals surface area (Å²) in [5.74, 6) is 0.303. The number of carbonyl (C=O) groups is 1. The Morgan fingerprint density at radius 2 is 2.20 bits per heavy atom. The van der Waals surface area contributed by atoms with E-state index in [-0.39, 0.29) is 23.2 Å². The zero-order valence-corrected chi connectivity index (χ0v) is 12.9. The lowest BCUT2D eigenvalue weighted by atomic mass is 10.0. The number of nitrogens with one attached hydrogen (secondary N) is 2. The highest BCUT2D eigenvalue weighted by atomic mass is 35.5. The maximum absolute atomic E-state index is 11.8. The Bertz CT molecular complexity index is 569. The summed E-state index contributed by atoms with van der Waals surface area (Å²) in [5, 5.41) is 5.96. The van der Waals surface area contributed by atoms with E-state index < -0.39 is 9.84 Å². The molecule has 0 radical (unpaired) electrons. The number of anilines is 1. The molecule has 1 aliphatic heterocycles. The Hall–Kier alpha value is -1.11. The minimum Gasteiger partial charge on any atom is -0.326 e. The molecule has 1 fully saturated rings. The van der Waals surface area contributed by atoms with E-state index >= 15 is 0 Å². The Kier molecular flexibility index (Phi) is 5.98. The van der Waals surface area contributed by atoms with Gasteiger partial charge in [0.05, 0.1) is 4.90 Å². The van der Waals surface area contributed by atoms with Crippen molar-refractivity contribution < 1.29 is 13.2 Å². The number of amides is 1. The second-order valence-electron chi connectivity index (χ2n) is 4.91. The van der Waals surface area contributed by atoms with Gasteiger partial charge in [0.2, 0.25) is 5.91 Å². The van der Waals surface area contributed by atoms with Crippen molar-refractivity contribution in [3.05, 3.63) is 24.3 Å². The number of carbonyl (C=O) groups excluding carboxylic acids is 1. The van der Waals surface area contributed by atoms with E-state index in [4.69, 9.17) is 0 Å². The van der Waals surface area contributed by atoms with E-state index in [1.807, 2.05) is 0 Å². The monoisotopic (exact) mass is 318 g/mol. The summed E-state index contributed by atoms with van der Waals surface area (Å²) in [7, 11) is -3.24. The first-order valence-electron chi connectivity index (χ1n) is 6.26. The molecule has 1 aliphatic rings. The molecule has 0 aliphatic carbocycles. The molecule has 5 nitrogen and oxygen atoms in total. The zero-order valence-electron chi connectivity index (χ0n) is 11.3. The maximum Gasteiger partial charge on any atom is 0.224 e. The van der Waals surface area contributed by atoms with Gasteiger partial charge >= 0.3 is 0 Å². The number of hydrogen-bond acceptors (Lipinski definition) is 4. The average Bonchev–Trinajstić information content (AvgIpc) is 2.80. The van der Waals surface area contributed by atoms with Crippen molar-refractivity contribution in [3.8, 4) is 0 Å².